The minimum atomic E-state index is 0.568. The first-order chi connectivity index (χ1) is 9.78. The fourth-order valence-electron chi connectivity index (χ4n) is 3.44. The summed E-state index contributed by atoms with van der Waals surface area (Å²) in [5.74, 6) is 1.41. The van der Waals surface area contributed by atoms with Gasteiger partial charge >= 0.3 is 0 Å². The molecule has 2 fully saturated rings. The van der Waals surface area contributed by atoms with Crippen molar-refractivity contribution in [1.29, 1.82) is 0 Å². The summed E-state index contributed by atoms with van der Waals surface area (Å²) in [5, 5.41) is 3.40. The molecule has 1 heterocycles. The zero-order valence-electron chi connectivity index (χ0n) is 13.1. The van der Waals surface area contributed by atoms with Gasteiger partial charge in [-0.25, -0.2) is 0 Å². The Labute approximate surface area is 124 Å². The summed E-state index contributed by atoms with van der Waals surface area (Å²) in [6.07, 6.45) is 10.4. The molecule has 4 nitrogen and oxygen atoms in total. The van der Waals surface area contributed by atoms with Crippen molar-refractivity contribution in [3.63, 3.8) is 0 Å². The summed E-state index contributed by atoms with van der Waals surface area (Å²) in [7, 11) is 0. The molecule has 0 aromatic heterocycles. The van der Waals surface area contributed by atoms with Gasteiger partial charge in [0.2, 0.25) is 0 Å². The third-order valence-electron chi connectivity index (χ3n) is 4.72. The number of nitrogens with two attached hydrogens (primary N) is 1. The Hall–Kier alpha value is -0.770. The molecule has 3 N–H and O–H groups in total. The molecule has 0 unspecified atom stereocenters. The number of aliphatic imine (C=N–C) groups is 1. The monoisotopic (exact) mass is 280 g/mol. The molecule has 0 aromatic carbocycles. The number of nitrogens with zero attached hydrogens (tertiary/aromatic N) is 2. The predicted molar refractivity (Wildman–Crippen MR) is 86.0 cm³/mol. The quantitative estimate of drug-likeness (QED) is 0.600. The second-order valence-electron chi connectivity index (χ2n) is 6.49. The van der Waals surface area contributed by atoms with E-state index in [-0.39, 0.29) is 0 Å². The molecule has 0 radical (unpaired) electrons. The first-order valence-electron chi connectivity index (χ1n) is 8.56. The summed E-state index contributed by atoms with van der Waals surface area (Å²) in [6.45, 7) is 6.90. The standard InChI is InChI=1S/C16H32N4/c1-2-10-20-11-8-14(9-12-20)13-18-16(17)19-15-6-4-3-5-7-15/h14-15H,2-13H2,1H3,(H3,17,18,19). The zero-order chi connectivity index (χ0) is 14.2. The van der Waals surface area contributed by atoms with Crippen LogP contribution in [0.1, 0.15) is 58.3 Å². The minimum absolute atomic E-state index is 0.568. The van der Waals surface area contributed by atoms with Gasteiger partial charge in [-0.2, -0.15) is 0 Å². The van der Waals surface area contributed by atoms with Gasteiger partial charge in [-0.1, -0.05) is 26.2 Å². The molecule has 4 heteroatoms. The van der Waals surface area contributed by atoms with Crippen LogP contribution in [0.5, 0.6) is 0 Å². The van der Waals surface area contributed by atoms with Crippen molar-refractivity contribution in [1.82, 2.24) is 10.2 Å². The molecule has 0 atom stereocenters. The summed E-state index contributed by atoms with van der Waals surface area (Å²) in [6, 6.07) is 0.568. The lowest BCUT2D eigenvalue weighted by Crippen LogP contribution is -2.41. The van der Waals surface area contributed by atoms with Crippen LogP contribution in [0.25, 0.3) is 0 Å². The predicted octanol–water partition coefficient (Wildman–Crippen LogP) is 2.35. The van der Waals surface area contributed by atoms with E-state index < -0.39 is 0 Å². The van der Waals surface area contributed by atoms with E-state index in [1.165, 1.54) is 71.0 Å². The van der Waals surface area contributed by atoms with Crippen LogP contribution < -0.4 is 11.1 Å². The number of hydrogen-bond donors (Lipinski definition) is 2. The van der Waals surface area contributed by atoms with Crippen molar-refractivity contribution in [3.8, 4) is 0 Å². The molecule has 116 valence electrons. The van der Waals surface area contributed by atoms with Crippen LogP contribution in [0.2, 0.25) is 0 Å². The van der Waals surface area contributed by atoms with Crippen LogP contribution in [0.4, 0.5) is 0 Å². The molecule has 0 aromatic rings. The normalized spacial score (nSPS) is 23.9. The van der Waals surface area contributed by atoms with Crippen LogP contribution in [0, 0.1) is 5.92 Å². The summed E-state index contributed by atoms with van der Waals surface area (Å²) in [5.41, 5.74) is 6.03. The van der Waals surface area contributed by atoms with E-state index in [1.54, 1.807) is 0 Å². The number of rotatable bonds is 5. The molecule has 1 saturated carbocycles. The zero-order valence-corrected chi connectivity index (χ0v) is 13.1. The second kappa shape index (κ2) is 8.50. The molecule has 1 aliphatic heterocycles. The highest BCUT2D eigenvalue weighted by Crippen LogP contribution is 2.18. The van der Waals surface area contributed by atoms with Crippen LogP contribution in [0.3, 0.4) is 0 Å². The average Bonchev–Trinajstić information content (AvgIpc) is 2.48. The maximum Gasteiger partial charge on any atom is 0.188 e. The molecular weight excluding hydrogens is 248 g/mol. The minimum Gasteiger partial charge on any atom is -0.370 e. The highest BCUT2D eigenvalue weighted by molar-refractivity contribution is 5.78. The summed E-state index contributed by atoms with van der Waals surface area (Å²) < 4.78 is 0. The van der Waals surface area contributed by atoms with Gasteiger partial charge in [0.25, 0.3) is 0 Å². The van der Waals surface area contributed by atoms with Crippen molar-refractivity contribution < 1.29 is 0 Å². The molecule has 0 spiro atoms. The van der Waals surface area contributed by atoms with E-state index >= 15 is 0 Å². The van der Waals surface area contributed by atoms with Gasteiger partial charge in [0, 0.05) is 12.6 Å². The number of guanidine groups is 1. The average molecular weight is 280 g/mol. The molecule has 1 aliphatic carbocycles. The van der Waals surface area contributed by atoms with Gasteiger partial charge in [0.15, 0.2) is 5.96 Å². The third-order valence-corrected chi connectivity index (χ3v) is 4.72. The Bertz CT molecular complexity index is 289. The van der Waals surface area contributed by atoms with E-state index in [1.807, 2.05) is 0 Å². The van der Waals surface area contributed by atoms with Crippen molar-refractivity contribution in [2.24, 2.45) is 16.6 Å². The van der Waals surface area contributed by atoms with E-state index in [2.05, 4.69) is 22.1 Å². The Morgan fingerprint density at radius 2 is 1.85 bits per heavy atom. The molecule has 20 heavy (non-hydrogen) atoms. The summed E-state index contributed by atoms with van der Waals surface area (Å²) >= 11 is 0. The van der Waals surface area contributed by atoms with Crippen molar-refractivity contribution in [3.05, 3.63) is 0 Å². The lowest BCUT2D eigenvalue weighted by molar-refractivity contribution is 0.188. The van der Waals surface area contributed by atoms with E-state index in [0.717, 1.165) is 12.5 Å². The molecule has 2 aliphatic rings. The maximum absolute atomic E-state index is 6.03. The molecule has 0 amide bonds. The fraction of sp³-hybridized carbons (Fsp3) is 0.938. The molecule has 1 saturated heterocycles. The molecule has 2 rings (SSSR count). The topological polar surface area (TPSA) is 53.6 Å². The SMILES string of the molecule is CCCN1CCC(CN=C(N)NC2CCCCC2)CC1. The highest BCUT2D eigenvalue weighted by atomic mass is 15.1. The second-order valence-corrected chi connectivity index (χ2v) is 6.49. The van der Waals surface area contributed by atoms with E-state index in [9.17, 15) is 0 Å². The molecular formula is C16H32N4. The number of hydrogen-bond acceptors (Lipinski definition) is 2. The van der Waals surface area contributed by atoms with Gasteiger partial charge in [0.05, 0.1) is 0 Å². The van der Waals surface area contributed by atoms with Crippen molar-refractivity contribution >= 4 is 5.96 Å². The highest BCUT2D eigenvalue weighted by Gasteiger charge is 2.18. The van der Waals surface area contributed by atoms with Gasteiger partial charge in [0.1, 0.15) is 0 Å². The third kappa shape index (κ3) is 5.31. The van der Waals surface area contributed by atoms with Gasteiger partial charge in [-0.05, 0) is 57.7 Å². The maximum atomic E-state index is 6.03. The number of likely N-dealkylation sites (tertiary alicyclic amines) is 1. The van der Waals surface area contributed by atoms with Gasteiger partial charge in [-0.3, -0.25) is 4.99 Å². The van der Waals surface area contributed by atoms with E-state index in [4.69, 9.17) is 5.73 Å². The fourth-order valence-corrected chi connectivity index (χ4v) is 3.44. The van der Waals surface area contributed by atoms with E-state index in [0.29, 0.717) is 12.0 Å². The van der Waals surface area contributed by atoms with Gasteiger partial charge in [-0.15, -0.1) is 0 Å². The smallest absolute Gasteiger partial charge is 0.188 e. The number of nitrogens with one attached hydrogen (secondary N) is 1. The van der Waals surface area contributed by atoms with Crippen LogP contribution in [0.15, 0.2) is 4.99 Å². The van der Waals surface area contributed by atoms with Crippen molar-refractivity contribution in [2.75, 3.05) is 26.2 Å². The Balaban J connectivity index is 1.64. The van der Waals surface area contributed by atoms with Crippen LogP contribution in [-0.4, -0.2) is 43.1 Å². The van der Waals surface area contributed by atoms with Gasteiger partial charge < -0.3 is 16.0 Å². The van der Waals surface area contributed by atoms with Crippen LogP contribution >= 0.6 is 0 Å². The Kier molecular flexibility index (Phi) is 6.64. The Morgan fingerprint density at radius 1 is 1.15 bits per heavy atom. The Morgan fingerprint density at radius 3 is 2.50 bits per heavy atom. The first-order valence-corrected chi connectivity index (χ1v) is 8.56. The molecule has 0 bridgehead atoms. The lowest BCUT2D eigenvalue weighted by Gasteiger charge is -2.31. The van der Waals surface area contributed by atoms with Crippen LogP contribution in [-0.2, 0) is 0 Å². The lowest BCUT2D eigenvalue weighted by atomic mass is 9.95. The summed E-state index contributed by atoms with van der Waals surface area (Å²) in [4.78, 5) is 7.15. The number of piperidine rings is 1. The first kappa shape index (κ1) is 15.6. The van der Waals surface area contributed by atoms with Crippen molar-refractivity contribution in [2.45, 2.75) is 64.3 Å². The largest absolute Gasteiger partial charge is 0.370 e.